The molecular formula is C15H18ClNO4. The fraction of sp³-hybridized carbons (Fsp3) is 0.400. The zero-order valence-electron chi connectivity index (χ0n) is 12.4. The maximum absolute atomic E-state index is 12.2. The van der Waals surface area contributed by atoms with Crippen molar-refractivity contribution in [1.82, 2.24) is 4.57 Å². The lowest BCUT2D eigenvalue weighted by Crippen LogP contribution is -2.26. The first-order chi connectivity index (χ1) is 9.78. The summed E-state index contributed by atoms with van der Waals surface area (Å²) < 4.78 is 11.9. The van der Waals surface area contributed by atoms with Crippen LogP contribution in [0.5, 0.6) is 5.75 Å². The number of halogens is 1. The quantitative estimate of drug-likeness (QED) is 0.921. The minimum absolute atomic E-state index is 0.213. The summed E-state index contributed by atoms with van der Waals surface area (Å²) in [6.07, 6.45) is 1.05. The number of nitrogens with zero attached hydrogens (tertiary/aromatic N) is 1. The molecule has 1 N–H and O–H groups in total. The van der Waals surface area contributed by atoms with Crippen LogP contribution in [0.25, 0.3) is 10.9 Å². The van der Waals surface area contributed by atoms with E-state index in [2.05, 4.69) is 0 Å². The lowest BCUT2D eigenvalue weighted by atomic mass is 10.1. The van der Waals surface area contributed by atoms with Crippen LogP contribution in [-0.2, 0) is 11.3 Å². The van der Waals surface area contributed by atoms with Crippen molar-refractivity contribution in [3.05, 3.63) is 28.9 Å². The Hall–Kier alpha value is -1.72. The van der Waals surface area contributed by atoms with Gasteiger partial charge in [0.05, 0.1) is 24.3 Å². The van der Waals surface area contributed by atoms with Gasteiger partial charge in [-0.3, -0.25) is 4.57 Å². The summed E-state index contributed by atoms with van der Waals surface area (Å²) in [5.41, 5.74) is 0.474. The predicted molar refractivity (Wildman–Crippen MR) is 81.1 cm³/mol. The highest BCUT2D eigenvalue weighted by Gasteiger charge is 2.22. The zero-order valence-corrected chi connectivity index (χ0v) is 13.2. The third-order valence-corrected chi connectivity index (χ3v) is 3.25. The molecule has 0 saturated heterocycles. The Labute approximate surface area is 128 Å². The maximum atomic E-state index is 12.2. The second-order valence-electron chi connectivity index (χ2n) is 5.63. The van der Waals surface area contributed by atoms with E-state index in [1.807, 2.05) is 0 Å². The number of methoxy groups -OCH3 is 1. The molecule has 21 heavy (non-hydrogen) atoms. The van der Waals surface area contributed by atoms with Gasteiger partial charge in [0.1, 0.15) is 11.4 Å². The summed E-state index contributed by atoms with van der Waals surface area (Å²) in [5.74, 6) is 0.483. The van der Waals surface area contributed by atoms with Crippen LogP contribution in [0.15, 0.2) is 18.3 Å². The van der Waals surface area contributed by atoms with Crippen molar-refractivity contribution in [2.45, 2.75) is 33.0 Å². The minimum atomic E-state index is -0.605. The van der Waals surface area contributed by atoms with E-state index in [4.69, 9.17) is 21.1 Å². The average molecular weight is 312 g/mol. The molecule has 1 heterocycles. The number of aromatic nitrogens is 1. The minimum Gasteiger partial charge on any atom is -0.496 e. The van der Waals surface area contributed by atoms with Crippen LogP contribution in [0.2, 0.25) is 5.02 Å². The normalized spacial score (nSPS) is 11.7. The number of hydrogen-bond acceptors (Lipinski definition) is 4. The number of hydrogen-bond donors (Lipinski definition) is 1. The second-order valence-corrected chi connectivity index (χ2v) is 6.03. The lowest BCUT2D eigenvalue weighted by Gasteiger charge is -2.20. The van der Waals surface area contributed by atoms with Gasteiger partial charge in [-0.25, -0.2) is 4.79 Å². The van der Waals surface area contributed by atoms with E-state index in [0.717, 1.165) is 0 Å². The fourth-order valence-corrected chi connectivity index (χ4v) is 2.42. The molecule has 6 heteroatoms. The Morgan fingerprint density at radius 2 is 2.10 bits per heavy atom. The van der Waals surface area contributed by atoms with Gasteiger partial charge in [-0.05, 0) is 26.8 Å². The zero-order chi connectivity index (χ0) is 15.8. The van der Waals surface area contributed by atoms with E-state index >= 15 is 0 Å². The summed E-state index contributed by atoms with van der Waals surface area (Å²) in [6.45, 7) is 5.16. The summed E-state index contributed by atoms with van der Waals surface area (Å²) in [4.78, 5) is 12.2. The Balaban J connectivity index is 2.61. The van der Waals surface area contributed by atoms with Crippen LogP contribution in [0, 0.1) is 0 Å². The molecule has 5 nitrogen and oxygen atoms in total. The molecule has 1 aromatic heterocycles. The summed E-state index contributed by atoms with van der Waals surface area (Å²) in [5, 5.41) is 10.5. The Morgan fingerprint density at radius 1 is 1.43 bits per heavy atom. The number of aliphatic hydroxyl groups excluding tert-OH is 1. The van der Waals surface area contributed by atoms with E-state index in [-0.39, 0.29) is 6.61 Å². The van der Waals surface area contributed by atoms with Crippen molar-refractivity contribution >= 4 is 28.6 Å². The van der Waals surface area contributed by atoms with Gasteiger partial charge in [-0.1, -0.05) is 11.6 Å². The third kappa shape index (κ3) is 2.99. The van der Waals surface area contributed by atoms with E-state index in [1.54, 1.807) is 39.1 Å². The molecule has 2 rings (SSSR count). The molecule has 2 aromatic rings. The van der Waals surface area contributed by atoms with E-state index in [9.17, 15) is 9.90 Å². The van der Waals surface area contributed by atoms with Gasteiger partial charge < -0.3 is 14.6 Å². The number of benzene rings is 1. The van der Waals surface area contributed by atoms with Crippen molar-refractivity contribution in [3.8, 4) is 5.75 Å². The Kier molecular flexibility index (Phi) is 4.16. The van der Waals surface area contributed by atoms with Gasteiger partial charge in [-0.2, -0.15) is 0 Å². The first-order valence-electron chi connectivity index (χ1n) is 6.49. The standard InChI is InChI=1S/C15H18ClNO4/c1-15(2,3)21-14(19)17-6-5-9-10(8-18)12(20-4)7-11(16)13(9)17/h5-7,18H,8H2,1-4H3. The molecule has 0 spiro atoms. The van der Waals surface area contributed by atoms with Gasteiger partial charge in [0.25, 0.3) is 0 Å². The number of carbonyl (C=O) groups is 1. The van der Waals surface area contributed by atoms with Gasteiger partial charge in [0.15, 0.2) is 0 Å². The summed E-state index contributed by atoms with van der Waals surface area (Å²) in [7, 11) is 1.50. The van der Waals surface area contributed by atoms with E-state index in [0.29, 0.717) is 27.2 Å². The molecule has 0 atom stereocenters. The summed E-state index contributed by atoms with van der Waals surface area (Å²) >= 11 is 6.24. The largest absolute Gasteiger partial charge is 0.496 e. The monoisotopic (exact) mass is 311 g/mol. The molecule has 0 unspecified atom stereocenters. The molecule has 0 aliphatic heterocycles. The molecule has 114 valence electrons. The Morgan fingerprint density at radius 3 is 2.62 bits per heavy atom. The second kappa shape index (κ2) is 5.58. The lowest BCUT2D eigenvalue weighted by molar-refractivity contribution is 0.0544. The van der Waals surface area contributed by atoms with Gasteiger partial charge in [0, 0.05) is 23.2 Å². The molecular weight excluding hydrogens is 294 g/mol. The van der Waals surface area contributed by atoms with Crippen LogP contribution in [0.4, 0.5) is 4.79 Å². The first-order valence-corrected chi connectivity index (χ1v) is 6.87. The maximum Gasteiger partial charge on any atom is 0.419 e. The van der Waals surface area contributed by atoms with Crippen LogP contribution in [0.3, 0.4) is 0 Å². The highest BCUT2D eigenvalue weighted by atomic mass is 35.5. The van der Waals surface area contributed by atoms with E-state index < -0.39 is 11.7 Å². The topological polar surface area (TPSA) is 60.7 Å². The van der Waals surface area contributed by atoms with Crippen LogP contribution >= 0.6 is 11.6 Å². The molecule has 1 aromatic carbocycles. The highest BCUT2D eigenvalue weighted by molar-refractivity contribution is 6.35. The number of carbonyl (C=O) groups excluding carboxylic acids is 1. The third-order valence-electron chi connectivity index (χ3n) is 2.96. The molecule has 0 radical (unpaired) electrons. The first kappa shape index (κ1) is 15.7. The molecule has 0 aliphatic carbocycles. The average Bonchev–Trinajstić information content (AvgIpc) is 2.81. The molecule has 0 saturated carbocycles. The van der Waals surface area contributed by atoms with Crippen LogP contribution < -0.4 is 4.74 Å². The SMILES string of the molecule is COc1cc(Cl)c2c(ccn2C(=O)OC(C)(C)C)c1CO. The fourth-order valence-electron chi connectivity index (χ4n) is 2.13. The smallest absolute Gasteiger partial charge is 0.419 e. The van der Waals surface area contributed by atoms with Gasteiger partial charge in [-0.15, -0.1) is 0 Å². The van der Waals surface area contributed by atoms with Gasteiger partial charge >= 0.3 is 6.09 Å². The molecule has 0 bridgehead atoms. The van der Waals surface area contributed by atoms with Crippen molar-refractivity contribution in [2.24, 2.45) is 0 Å². The highest BCUT2D eigenvalue weighted by Crippen LogP contribution is 2.35. The number of fused-ring (bicyclic) bond motifs is 1. The van der Waals surface area contributed by atoms with Crippen molar-refractivity contribution in [2.75, 3.05) is 7.11 Å². The number of aliphatic hydroxyl groups is 1. The Bertz CT molecular complexity index is 685. The molecule has 0 amide bonds. The van der Waals surface area contributed by atoms with Crippen LogP contribution in [0.1, 0.15) is 26.3 Å². The summed E-state index contributed by atoms with van der Waals surface area (Å²) in [6, 6.07) is 3.29. The number of ether oxygens (including phenoxy) is 2. The van der Waals surface area contributed by atoms with Crippen molar-refractivity contribution in [3.63, 3.8) is 0 Å². The van der Waals surface area contributed by atoms with Crippen molar-refractivity contribution in [1.29, 1.82) is 0 Å². The van der Waals surface area contributed by atoms with Crippen molar-refractivity contribution < 1.29 is 19.4 Å². The molecule has 0 aliphatic rings. The molecule has 0 fully saturated rings. The predicted octanol–water partition coefficient (Wildman–Crippen LogP) is 3.58. The number of rotatable bonds is 2. The van der Waals surface area contributed by atoms with Gasteiger partial charge in [0.2, 0.25) is 0 Å². The van der Waals surface area contributed by atoms with Crippen LogP contribution in [-0.4, -0.2) is 28.5 Å². The van der Waals surface area contributed by atoms with E-state index in [1.165, 1.54) is 11.7 Å².